The zero-order valence-corrected chi connectivity index (χ0v) is 16.1. The molecule has 4 nitrogen and oxygen atoms in total. The molecule has 26 heavy (non-hydrogen) atoms. The maximum atomic E-state index is 12.8. The Hall–Kier alpha value is -2.14. The average molecular weight is 369 g/mol. The van der Waals surface area contributed by atoms with E-state index in [9.17, 15) is 9.59 Å². The largest absolute Gasteiger partial charge is 0.351 e. The topological polar surface area (TPSA) is 49.4 Å². The third-order valence-corrected chi connectivity index (χ3v) is 6.83. The molecule has 1 aromatic heterocycles. The van der Waals surface area contributed by atoms with Gasteiger partial charge in [0, 0.05) is 34.9 Å². The van der Waals surface area contributed by atoms with E-state index in [1.54, 1.807) is 11.3 Å². The summed E-state index contributed by atoms with van der Waals surface area (Å²) in [4.78, 5) is 28.4. The Morgan fingerprint density at radius 1 is 1.27 bits per heavy atom. The molecule has 0 bridgehead atoms. The second-order valence-electron chi connectivity index (χ2n) is 7.69. The summed E-state index contributed by atoms with van der Waals surface area (Å²) < 4.78 is 0. The predicted octanol–water partition coefficient (Wildman–Crippen LogP) is 3.53. The van der Waals surface area contributed by atoms with Gasteiger partial charge in [-0.3, -0.25) is 9.59 Å². The lowest BCUT2D eigenvalue weighted by molar-refractivity contribution is -0.123. The highest BCUT2D eigenvalue weighted by molar-refractivity contribution is 7.09. The van der Waals surface area contributed by atoms with E-state index in [1.165, 1.54) is 10.4 Å². The number of amides is 2. The fourth-order valence-electron chi connectivity index (χ4n) is 4.01. The number of hydrogen-bond donors (Lipinski definition) is 1. The van der Waals surface area contributed by atoms with Crippen LogP contribution in [0.5, 0.6) is 0 Å². The van der Waals surface area contributed by atoms with Crippen LogP contribution in [0.25, 0.3) is 0 Å². The molecule has 2 heterocycles. The summed E-state index contributed by atoms with van der Waals surface area (Å²) in [5.74, 6) is 0.286. The van der Waals surface area contributed by atoms with E-state index in [-0.39, 0.29) is 23.1 Å². The zero-order chi connectivity index (χ0) is 18.3. The van der Waals surface area contributed by atoms with Crippen molar-refractivity contribution < 1.29 is 9.59 Å². The van der Waals surface area contributed by atoms with Gasteiger partial charge in [-0.05, 0) is 61.4 Å². The Balaban J connectivity index is 1.35. The van der Waals surface area contributed by atoms with Crippen molar-refractivity contribution >= 4 is 23.2 Å². The summed E-state index contributed by atoms with van der Waals surface area (Å²) >= 11 is 1.66. The van der Waals surface area contributed by atoms with Crippen molar-refractivity contribution in [1.82, 2.24) is 10.2 Å². The molecule has 1 aliphatic carbocycles. The summed E-state index contributed by atoms with van der Waals surface area (Å²) in [6.45, 7) is 6.15. The third-order valence-electron chi connectivity index (χ3n) is 5.95. The predicted molar refractivity (Wildman–Crippen MR) is 103 cm³/mol. The van der Waals surface area contributed by atoms with Gasteiger partial charge in [0.05, 0.1) is 6.54 Å². The highest BCUT2D eigenvalue weighted by Gasteiger charge is 2.61. The fraction of sp³-hybridized carbons (Fsp3) is 0.429. The minimum absolute atomic E-state index is 0.00886. The Kier molecular flexibility index (Phi) is 4.35. The SMILES string of the molecule is Cc1ccc(C(=O)N2CC[C@@]3(C[C@@H]3C(=O)NCc3cccs3)C2)cc1C. The third kappa shape index (κ3) is 3.16. The first-order chi connectivity index (χ1) is 12.5. The standard InChI is InChI=1S/C21H24N2O2S/c1-14-5-6-16(10-15(14)2)20(25)23-8-7-21(13-23)11-18(21)19(24)22-12-17-4-3-9-26-17/h3-6,9-10,18H,7-8,11-13H2,1-2H3,(H,22,24)/t18-,21-/m1/s1. The van der Waals surface area contributed by atoms with Crippen molar-refractivity contribution in [2.24, 2.45) is 11.3 Å². The fourth-order valence-corrected chi connectivity index (χ4v) is 4.65. The van der Waals surface area contributed by atoms with E-state index in [4.69, 9.17) is 0 Å². The first-order valence-corrected chi connectivity index (χ1v) is 10.0. The maximum absolute atomic E-state index is 12.8. The summed E-state index contributed by atoms with van der Waals surface area (Å²) in [5.41, 5.74) is 3.10. The molecule has 1 saturated heterocycles. The molecule has 1 spiro atoms. The number of hydrogen-bond acceptors (Lipinski definition) is 3. The van der Waals surface area contributed by atoms with Crippen LogP contribution in [0.2, 0.25) is 0 Å². The summed E-state index contributed by atoms with van der Waals surface area (Å²) in [7, 11) is 0. The number of aryl methyl sites for hydroxylation is 2. The van der Waals surface area contributed by atoms with Crippen LogP contribution in [-0.2, 0) is 11.3 Å². The smallest absolute Gasteiger partial charge is 0.253 e. The van der Waals surface area contributed by atoms with Gasteiger partial charge in [-0.2, -0.15) is 0 Å². The van der Waals surface area contributed by atoms with Gasteiger partial charge in [-0.15, -0.1) is 11.3 Å². The van der Waals surface area contributed by atoms with E-state index in [1.807, 2.05) is 47.5 Å². The molecule has 2 fully saturated rings. The van der Waals surface area contributed by atoms with E-state index in [0.717, 1.165) is 30.5 Å². The van der Waals surface area contributed by atoms with Crippen LogP contribution >= 0.6 is 11.3 Å². The number of nitrogens with one attached hydrogen (secondary N) is 1. The van der Waals surface area contributed by atoms with Crippen LogP contribution in [0.3, 0.4) is 0 Å². The van der Waals surface area contributed by atoms with Gasteiger partial charge >= 0.3 is 0 Å². The molecule has 0 radical (unpaired) electrons. The van der Waals surface area contributed by atoms with Crippen molar-refractivity contribution in [2.75, 3.05) is 13.1 Å². The van der Waals surface area contributed by atoms with Gasteiger partial charge < -0.3 is 10.2 Å². The van der Waals surface area contributed by atoms with Crippen molar-refractivity contribution in [2.45, 2.75) is 33.2 Å². The zero-order valence-electron chi connectivity index (χ0n) is 15.2. The lowest BCUT2D eigenvalue weighted by Gasteiger charge is -2.17. The van der Waals surface area contributed by atoms with Crippen molar-refractivity contribution in [1.29, 1.82) is 0 Å². The van der Waals surface area contributed by atoms with Crippen molar-refractivity contribution in [3.8, 4) is 0 Å². The first-order valence-electron chi connectivity index (χ1n) is 9.15. The molecule has 1 saturated carbocycles. The van der Waals surface area contributed by atoms with E-state index in [0.29, 0.717) is 13.1 Å². The Morgan fingerprint density at radius 3 is 2.85 bits per heavy atom. The second-order valence-corrected chi connectivity index (χ2v) is 8.72. The number of thiophene rings is 1. The minimum atomic E-state index is 0.00886. The van der Waals surface area contributed by atoms with Gasteiger partial charge in [0.2, 0.25) is 5.91 Å². The van der Waals surface area contributed by atoms with E-state index in [2.05, 4.69) is 12.2 Å². The van der Waals surface area contributed by atoms with Crippen LogP contribution in [0.15, 0.2) is 35.7 Å². The molecule has 136 valence electrons. The van der Waals surface area contributed by atoms with Crippen LogP contribution in [0.4, 0.5) is 0 Å². The number of nitrogens with zero attached hydrogens (tertiary/aromatic N) is 1. The lowest BCUT2D eigenvalue weighted by Crippen LogP contribution is -2.31. The van der Waals surface area contributed by atoms with E-state index >= 15 is 0 Å². The van der Waals surface area contributed by atoms with E-state index < -0.39 is 0 Å². The van der Waals surface area contributed by atoms with Crippen LogP contribution < -0.4 is 5.32 Å². The molecule has 5 heteroatoms. The summed E-state index contributed by atoms with van der Waals surface area (Å²) in [6.07, 6.45) is 1.83. The minimum Gasteiger partial charge on any atom is -0.351 e. The molecule has 2 aliphatic rings. The van der Waals surface area contributed by atoms with Gasteiger partial charge in [-0.25, -0.2) is 0 Å². The number of carbonyl (C=O) groups excluding carboxylic acids is 2. The molecule has 1 N–H and O–H groups in total. The highest BCUT2D eigenvalue weighted by atomic mass is 32.1. The van der Waals surface area contributed by atoms with Crippen LogP contribution in [0, 0.1) is 25.2 Å². The molecule has 2 atom stereocenters. The normalized spacial score (nSPS) is 24.1. The van der Waals surface area contributed by atoms with Gasteiger partial charge in [0.15, 0.2) is 0 Å². The van der Waals surface area contributed by atoms with Gasteiger partial charge in [0.25, 0.3) is 5.91 Å². The monoisotopic (exact) mass is 368 g/mol. The second kappa shape index (κ2) is 6.54. The Morgan fingerprint density at radius 2 is 2.12 bits per heavy atom. The molecule has 4 rings (SSSR count). The van der Waals surface area contributed by atoms with Crippen LogP contribution in [0.1, 0.15) is 39.2 Å². The maximum Gasteiger partial charge on any atom is 0.253 e. The Labute approximate surface area is 158 Å². The number of benzene rings is 1. The quantitative estimate of drug-likeness (QED) is 0.897. The molecular weight excluding hydrogens is 344 g/mol. The van der Waals surface area contributed by atoms with Crippen molar-refractivity contribution in [3.63, 3.8) is 0 Å². The molecule has 2 amide bonds. The highest BCUT2D eigenvalue weighted by Crippen LogP contribution is 2.58. The van der Waals surface area contributed by atoms with Gasteiger partial charge in [0.1, 0.15) is 0 Å². The average Bonchev–Trinajstić information content (AvgIpc) is 2.98. The summed E-state index contributed by atoms with van der Waals surface area (Å²) in [6, 6.07) is 9.92. The summed E-state index contributed by atoms with van der Waals surface area (Å²) in [5, 5.41) is 5.08. The van der Waals surface area contributed by atoms with Gasteiger partial charge in [-0.1, -0.05) is 12.1 Å². The molecule has 0 unspecified atom stereocenters. The Bertz CT molecular complexity index is 846. The first kappa shape index (κ1) is 17.3. The van der Waals surface area contributed by atoms with Crippen molar-refractivity contribution in [3.05, 3.63) is 57.3 Å². The number of likely N-dealkylation sites (tertiary alicyclic amines) is 1. The lowest BCUT2D eigenvalue weighted by atomic mass is 10.0. The molecular formula is C21H24N2O2S. The molecule has 2 aromatic rings. The molecule has 1 aliphatic heterocycles. The van der Waals surface area contributed by atoms with Crippen LogP contribution in [-0.4, -0.2) is 29.8 Å². The molecule has 1 aromatic carbocycles. The number of rotatable bonds is 4. The number of carbonyl (C=O) groups is 2.